The zero-order valence-corrected chi connectivity index (χ0v) is 3.26. The van der Waals surface area contributed by atoms with Gasteiger partial charge in [-0.1, -0.05) is 0 Å². The Morgan fingerprint density at radius 3 is 1.20 bits per heavy atom. The summed E-state index contributed by atoms with van der Waals surface area (Å²) in [7, 11) is 0. The van der Waals surface area contributed by atoms with Crippen molar-refractivity contribution in [3.05, 3.63) is 0 Å². The fourth-order valence-corrected chi connectivity index (χ4v) is 0. The van der Waals surface area contributed by atoms with E-state index in [1.807, 2.05) is 0 Å². The molecule has 0 bridgehead atoms. The molecule has 0 amide bonds. The quantitative estimate of drug-likeness (QED) is 0.471. The van der Waals surface area contributed by atoms with Crippen LogP contribution in [-0.4, -0.2) is 0 Å². The van der Waals surface area contributed by atoms with Crippen molar-refractivity contribution in [2.24, 2.45) is 0 Å². The summed E-state index contributed by atoms with van der Waals surface area (Å²) in [5.41, 5.74) is 0. The molecule has 0 unspecified atom stereocenters. The molecule has 0 aliphatic heterocycles. The summed E-state index contributed by atoms with van der Waals surface area (Å²) in [5, 5.41) is 0. The monoisotopic (exact) mass is 122 g/mol. The van der Waals surface area contributed by atoms with Crippen molar-refractivity contribution < 1.29 is 28.5 Å². The van der Waals surface area contributed by atoms with Gasteiger partial charge in [-0.25, -0.2) is 0 Å². The van der Waals surface area contributed by atoms with E-state index in [0.717, 1.165) is 0 Å². The van der Waals surface area contributed by atoms with Gasteiger partial charge >= 0.3 is 28.5 Å². The van der Waals surface area contributed by atoms with Crippen molar-refractivity contribution in [2.75, 3.05) is 0 Å². The first-order chi connectivity index (χ1) is 2.00. The summed E-state index contributed by atoms with van der Waals surface area (Å²) >= 11 is -6.25. The fraction of sp³-hybridized carbons (Fsp3) is 0. The second kappa shape index (κ2) is 0.996. The van der Waals surface area contributed by atoms with Gasteiger partial charge in [-0.2, -0.15) is 0 Å². The van der Waals surface area contributed by atoms with Gasteiger partial charge in [-0.3, -0.25) is 0 Å². The first kappa shape index (κ1) is 4.99. The summed E-state index contributed by atoms with van der Waals surface area (Å²) in [6, 6.07) is 0. The molecule has 0 saturated carbocycles. The van der Waals surface area contributed by atoms with Crippen LogP contribution in [0.3, 0.4) is 0 Å². The van der Waals surface area contributed by atoms with E-state index in [1.165, 1.54) is 0 Å². The van der Waals surface area contributed by atoms with Gasteiger partial charge in [0.05, 0.1) is 0 Å². The maximum atomic E-state index is 10.1. The Morgan fingerprint density at radius 1 is 1.20 bits per heavy atom. The van der Waals surface area contributed by atoms with E-state index in [2.05, 4.69) is 0 Å². The molecule has 5 heteroatoms. The summed E-state index contributed by atoms with van der Waals surface area (Å²) in [6.07, 6.45) is 0. The first-order valence-corrected chi connectivity index (χ1v) is 2.65. The van der Waals surface area contributed by atoms with Crippen molar-refractivity contribution in [3.8, 4) is 0 Å². The molecule has 0 aliphatic rings. The normalized spacial score (nSPS) is 11.6. The fourth-order valence-electron chi connectivity index (χ4n) is 0. The van der Waals surface area contributed by atoms with E-state index in [1.54, 1.807) is 0 Å². The summed E-state index contributed by atoms with van der Waals surface area (Å²) in [5.74, 6) is 0. The van der Waals surface area contributed by atoms with Crippen molar-refractivity contribution in [1.82, 2.24) is 0 Å². The van der Waals surface area contributed by atoms with Gasteiger partial charge in [0.1, 0.15) is 0 Å². The Labute approximate surface area is 29.5 Å². The second-order valence-electron chi connectivity index (χ2n) is 0.378. The zero-order chi connectivity index (χ0) is 4.50. The Bertz CT molecular complexity index is 90.8. The molecule has 0 aromatic heterocycles. The predicted molar refractivity (Wildman–Crippen MR) is 3.59 cm³/mol. The molecule has 0 aromatic carbocycles. The van der Waals surface area contributed by atoms with Crippen LogP contribution in [0.2, 0.25) is 0 Å². The summed E-state index contributed by atoms with van der Waals surface area (Å²) in [4.78, 5) is 0. The SMILES string of the molecule is [O]=[Cr](=[O])([F])[F]. The van der Waals surface area contributed by atoms with E-state index in [-0.39, 0.29) is 0 Å². The molecule has 0 rings (SSSR count). The van der Waals surface area contributed by atoms with Crippen molar-refractivity contribution in [1.29, 1.82) is 0 Å². The van der Waals surface area contributed by atoms with E-state index < -0.39 is 13.9 Å². The molecule has 0 saturated heterocycles. The van der Waals surface area contributed by atoms with Crippen LogP contribution in [0.25, 0.3) is 0 Å². The van der Waals surface area contributed by atoms with Crippen molar-refractivity contribution >= 4 is 0 Å². The molecule has 2 nitrogen and oxygen atoms in total. The first-order valence-electron chi connectivity index (χ1n) is 0.642. The van der Waals surface area contributed by atoms with Crippen LogP contribution in [0.4, 0.5) is 7.05 Å². The molecule has 0 fully saturated rings. The number of hydrogen-bond acceptors (Lipinski definition) is 2. The standard InChI is InChI=1S/Cr.2FH.2O/h;2*1H;;/q+2;;;;/p-2. The Kier molecular flexibility index (Phi) is 0.994. The van der Waals surface area contributed by atoms with Gasteiger partial charge in [-0.05, 0) is 0 Å². The van der Waals surface area contributed by atoms with Crippen LogP contribution in [0.5, 0.6) is 0 Å². The molecule has 0 aromatic rings. The molecule has 5 heavy (non-hydrogen) atoms. The third-order valence-electron chi connectivity index (χ3n) is 0. The van der Waals surface area contributed by atoms with Gasteiger partial charge in [-0.15, -0.1) is 0 Å². The Morgan fingerprint density at radius 2 is 1.20 bits per heavy atom. The Hall–Kier alpha value is -0.00753. The Balaban J connectivity index is 4.06. The number of halogens is 2. The van der Waals surface area contributed by atoms with Gasteiger partial charge in [0, 0.05) is 0 Å². The average molecular weight is 122 g/mol. The zero-order valence-electron chi connectivity index (χ0n) is 1.98. The van der Waals surface area contributed by atoms with E-state index in [9.17, 15) is 7.05 Å². The molecule has 0 radical (unpaired) electrons. The van der Waals surface area contributed by atoms with Crippen LogP contribution in [-0.2, 0) is 21.5 Å². The van der Waals surface area contributed by atoms with Gasteiger partial charge in [0.2, 0.25) is 0 Å². The van der Waals surface area contributed by atoms with Gasteiger partial charge < -0.3 is 0 Å². The topological polar surface area (TPSA) is 34.1 Å². The van der Waals surface area contributed by atoms with Crippen LogP contribution >= 0.6 is 0 Å². The molecule has 0 spiro atoms. The maximum absolute atomic E-state index is 10.1. The van der Waals surface area contributed by atoms with E-state index >= 15 is 0 Å². The van der Waals surface area contributed by atoms with Crippen molar-refractivity contribution in [3.63, 3.8) is 0 Å². The second-order valence-corrected chi connectivity index (χ2v) is 1.56. The minimum atomic E-state index is -6.25. The summed E-state index contributed by atoms with van der Waals surface area (Å²) < 4.78 is 36.9. The average Bonchev–Trinajstić information content (AvgIpc) is 0.722. The molecular formula is CrF2O2. The summed E-state index contributed by atoms with van der Waals surface area (Å²) in [6.45, 7) is 0. The van der Waals surface area contributed by atoms with E-state index in [4.69, 9.17) is 7.61 Å². The van der Waals surface area contributed by atoms with Crippen LogP contribution in [0.1, 0.15) is 0 Å². The molecule has 0 N–H and O–H groups in total. The molecule has 0 atom stereocenters. The van der Waals surface area contributed by atoms with Crippen LogP contribution in [0.15, 0.2) is 0 Å². The van der Waals surface area contributed by atoms with Crippen molar-refractivity contribution in [2.45, 2.75) is 0 Å². The van der Waals surface area contributed by atoms with Crippen LogP contribution < -0.4 is 0 Å². The number of hydrogen-bond donors (Lipinski definition) is 0. The van der Waals surface area contributed by atoms with Crippen LogP contribution in [0, 0.1) is 0 Å². The third kappa shape index (κ3) is 279000. The minimum absolute atomic E-state index is 6.25. The molecule has 0 heterocycles. The molecule has 32 valence electrons. The van der Waals surface area contributed by atoms with Gasteiger partial charge in [0.15, 0.2) is 0 Å². The predicted octanol–water partition coefficient (Wildman–Crippen LogP) is 0.600. The number of rotatable bonds is 0. The molecular weight excluding hydrogens is 122 g/mol. The third-order valence-corrected chi connectivity index (χ3v) is 0. The molecule has 0 aliphatic carbocycles. The van der Waals surface area contributed by atoms with Gasteiger partial charge in [0.25, 0.3) is 0 Å². The van der Waals surface area contributed by atoms with E-state index in [0.29, 0.717) is 0 Å².